The van der Waals surface area contributed by atoms with E-state index in [1.165, 1.54) is 42.8 Å². The molecule has 0 saturated carbocycles. The third kappa shape index (κ3) is 6.03. The van der Waals surface area contributed by atoms with Gasteiger partial charge < -0.3 is 4.48 Å². The van der Waals surface area contributed by atoms with Gasteiger partial charge in [0.25, 0.3) is 10.1 Å². The van der Waals surface area contributed by atoms with Gasteiger partial charge in [-0.15, -0.1) is 0 Å². The molecule has 0 bridgehead atoms. The number of hydrogen-bond acceptors (Lipinski definition) is 2. The van der Waals surface area contributed by atoms with Crippen molar-refractivity contribution >= 4 is 10.1 Å². The smallest absolute Gasteiger partial charge is 0.294 e. The number of aryl methyl sites for hydroxylation is 1. The minimum Gasteiger partial charge on any atom is -0.325 e. The van der Waals surface area contributed by atoms with Gasteiger partial charge in [-0.3, -0.25) is 4.55 Å². The second kappa shape index (κ2) is 8.39. The molecule has 0 radical (unpaired) electrons. The standard InChI is InChI=1S/C8H20N.C7H8O3S/c1-5-9(6-2,7-3)8-4;1-6-2-4-7(5-3-6)11(8,9)10/h5-8H2,1-4H3;2-5H,1H3,(H,8,9,10)/q+1;. The van der Waals surface area contributed by atoms with E-state index in [0.717, 1.165) is 5.56 Å². The van der Waals surface area contributed by atoms with Gasteiger partial charge in [0.2, 0.25) is 0 Å². The summed E-state index contributed by atoms with van der Waals surface area (Å²) in [5, 5.41) is 0. The van der Waals surface area contributed by atoms with E-state index < -0.39 is 10.1 Å². The van der Waals surface area contributed by atoms with Crippen LogP contribution in [-0.2, 0) is 10.1 Å². The van der Waals surface area contributed by atoms with Crippen LogP contribution in [0, 0.1) is 6.92 Å². The van der Waals surface area contributed by atoms with E-state index in [2.05, 4.69) is 27.7 Å². The van der Waals surface area contributed by atoms with Crippen LogP contribution in [0.1, 0.15) is 33.3 Å². The van der Waals surface area contributed by atoms with E-state index in [0.29, 0.717) is 0 Å². The summed E-state index contributed by atoms with van der Waals surface area (Å²) in [7, 11) is -4.02. The fourth-order valence-corrected chi connectivity index (χ4v) is 2.53. The maximum atomic E-state index is 10.5. The monoisotopic (exact) mass is 302 g/mol. The highest BCUT2D eigenvalue weighted by Crippen LogP contribution is 2.08. The highest BCUT2D eigenvalue weighted by molar-refractivity contribution is 7.85. The number of rotatable bonds is 5. The molecular formula is C15H28NO3S+. The maximum Gasteiger partial charge on any atom is 0.294 e. The second-order valence-electron chi connectivity index (χ2n) is 4.89. The molecular weight excluding hydrogens is 274 g/mol. The van der Waals surface area contributed by atoms with Crippen LogP contribution in [-0.4, -0.2) is 43.6 Å². The SMILES string of the molecule is CC[N+](CC)(CC)CC.Cc1ccc(S(=O)(=O)O)cc1. The van der Waals surface area contributed by atoms with E-state index in [1.54, 1.807) is 12.1 Å². The van der Waals surface area contributed by atoms with Crippen molar-refractivity contribution in [3.8, 4) is 0 Å². The molecule has 0 heterocycles. The quantitative estimate of drug-likeness (QED) is 0.671. The van der Waals surface area contributed by atoms with Gasteiger partial charge in [-0.25, -0.2) is 0 Å². The zero-order valence-corrected chi connectivity index (χ0v) is 14.1. The first-order chi connectivity index (χ1) is 9.24. The van der Waals surface area contributed by atoms with Gasteiger partial charge in [-0.1, -0.05) is 17.7 Å². The number of quaternary nitrogens is 1. The third-order valence-electron chi connectivity index (χ3n) is 4.00. The van der Waals surface area contributed by atoms with Crippen molar-refractivity contribution in [3.05, 3.63) is 29.8 Å². The molecule has 1 rings (SSSR count). The van der Waals surface area contributed by atoms with Crippen molar-refractivity contribution in [1.29, 1.82) is 0 Å². The Morgan fingerprint density at radius 3 is 1.45 bits per heavy atom. The number of nitrogens with zero attached hydrogens (tertiary/aromatic N) is 1. The van der Waals surface area contributed by atoms with E-state index >= 15 is 0 Å². The van der Waals surface area contributed by atoms with Crippen molar-refractivity contribution < 1.29 is 17.5 Å². The van der Waals surface area contributed by atoms with Crippen molar-refractivity contribution in [2.45, 2.75) is 39.5 Å². The van der Waals surface area contributed by atoms with Crippen molar-refractivity contribution in [1.82, 2.24) is 0 Å². The second-order valence-corrected chi connectivity index (χ2v) is 6.32. The van der Waals surface area contributed by atoms with Crippen LogP contribution >= 0.6 is 0 Å². The summed E-state index contributed by atoms with van der Waals surface area (Å²) in [4.78, 5) is -0.0666. The average molecular weight is 302 g/mol. The Bertz CT molecular complexity index is 459. The zero-order chi connectivity index (χ0) is 15.8. The van der Waals surface area contributed by atoms with Gasteiger partial charge >= 0.3 is 0 Å². The number of hydrogen-bond donors (Lipinski definition) is 1. The molecule has 1 N–H and O–H groups in total. The predicted octanol–water partition coefficient (Wildman–Crippen LogP) is 3.12. The summed E-state index contributed by atoms with van der Waals surface area (Å²) in [6.07, 6.45) is 0. The summed E-state index contributed by atoms with van der Waals surface area (Å²) < 4.78 is 30.8. The maximum absolute atomic E-state index is 10.5. The van der Waals surface area contributed by atoms with Gasteiger partial charge in [-0.05, 0) is 46.8 Å². The van der Waals surface area contributed by atoms with Gasteiger partial charge in [0.1, 0.15) is 0 Å². The van der Waals surface area contributed by atoms with Crippen LogP contribution < -0.4 is 0 Å². The van der Waals surface area contributed by atoms with Crippen LogP contribution in [0.5, 0.6) is 0 Å². The first-order valence-corrected chi connectivity index (χ1v) is 8.57. The summed E-state index contributed by atoms with van der Waals surface area (Å²) in [5.41, 5.74) is 0.956. The fourth-order valence-electron chi connectivity index (χ4n) is 2.05. The molecule has 0 aromatic heterocycles. The molecule has 5 heteroatoms. The average Bonchev–Trinajstić information content (AvgIpc) is 2.42. The lowest BCUT2D eigenvalue weighted by Gasteiger charge is -2.34. The lowest BCUT2D eigenvalue weighted by molar-refractivity contribution is -0.921. The molecule has 0 fully saturated rings. The fraction of sp³-hybridized carbons (Fsp3) is 0.600. The molecule has 0 amide bonds. The topological polar surface area (TPSA) is 54.4 Å². The van der Waals surface area contributed by atoms with Crippen molar-refractivity contribution in [2.24, 2.45) is 0 Å². The van der Waals surface area contributed by atoms with E-state index in [-0.39, 0.29) is 4.90 Å². The van der Waals surface area contributed by atoms with Crippen molar-refractivity contribution in [3.63, 3.8) is 0 Å². The van der Waals surface area contributed by atoms with Gasteiger partial charge in [0.05, 0.1) is 31.1 Å². The largest absolute Gasteiger partial charge is 0.325 e. The highest BCUT2D eigenvalue weighted by Gasteiger charge is 2.16. The van der Waals surface area contributed by atoms with Gasteiger partial charge in [0.15, 0.2) is 0 Å². The molecule has 0 spiro atoms. The number of benzene rings is 1. The molecule has 0 atom stereocenters. The molecule has 116 valence electrons. The lowest BCUT2D eigenvalue weighted by atomic mass is 10.2. The van der Waals surface area contributed by atoms with Crippen molar-refractivity contribution in [2.75, 3.05) is 26.2 Å². The lowest BCUT2D eigenvalue weighted by Crippen LogP contribution is -2.47. The van der Waals surface area contributed by atoms with Gasteiger partial charge in [-0.2, -0.15) is 8.42 Å². The molecule has 1 aromatic carbocycles. The Hall–Kier alpha value is -0.910. The minimum absolute atomic E-state index is 0.0666. The summed E-state index contributed by atoms with van der Waals surface area (Å²) in [6, 6.07) is 5.99. The van der Waals surface area contributed by atoms with Crippen LogP contribution in [0.3, 0.4) is 0 Å². The summed E-state index contributed by atoms with van der Waals surface area (Å²) in [5.74, 6) is 0. The van der Waals surface area contributed by atoms with E-state index in [4.69, 9.17) is 4.55 Å². The first kappa shape index (κ1) is 19.1. The minimum atomic E-state index is -4.02. The Kier molecular flexibility index (Phi) is 8.01. The Morgan fingerprint density at radius 2 is 1.25 bits per heavy atom. The summed E-state index contributed by atoms with van der Waals surface area (Å²) >= 11 is 0. The molecule has 20 heavy (non-hydrogen) atoms. The molecule has 0 unspecified atom stereocenters. The highest BCUT2D eigenvalue weighted by atomic mass is 32.2. The molecule has 0 aliphatic heterocycles. The normalized spacial score (nSPS) is 11.7. The third-order valence-corrected chi connectivity index (χ3v) is 4.87. The zero-order valence-electron chi connectivity index (χ0n) is 13.3. The molecule has 0 saturated heterocycles. The van der Waals surface area contributed by atoms with Crippen LogP contribution in [0.4, 0.5) is 0 Å². The predicted molar refractivity (Wildman–Crippen MR) is 83.4 cm³/mol. The van der Waals surface area contributed by atoms with Crippen LogP contribution in [0.2, 0.25) is 0 Å². The first-order valence-electron chi connectivity index (χ1n) is 7.13. The van der Waals surface area contributed by atoms with E-state index in [9.17, 15) is 8.42 Å². The van der Waals surface area contributed by atoms with Gasteiger partial charge in [0, 0.05) is 0 Å². The Labute approximate surface area is 123 Å². The molecule has 1 aromatic rings. The Balaban J connectivity index is 0.000000370. The molecule has 0 aliphatic rings. The Morgan fingerprint density at radius 1 is 0.900 bits per heavy atom. The molecule has 0 aliphatic carbocycles. The molecule has 4 nitrogen and oxygen atoms in total. The van der Waals surface area contributed by atoms with Crippen LogP contribution in [0.15, 0.2) is 29.2 Å². The summed E-state index contributed by atoms with van der Waals surface area (Å²) in [6.45, 7) is 16.1. The van der Waals surface area contributed by atoms with Crippen LogP contribution in [0.25, 0.3) is 0 Å². The van der Waals surface area contributed by atoms with E-state index in [1.807, 2.05) is 6.92 Å².